The molecular weight excluding hydrogens is 317 g/mol. The van der Waals surface area contributed by atoms with E-state index < -0.39 is 10.4 Å². The summed E-state index contributed by atoms with van der Waals surface area (Å²) in [4.78, 5) is 3.66. The molecule has 0 aliphatic carbocycles. The number of rotatable bonds is 14. The zero-order valence-corrected chi connectivity index (χ0v) is 16.7. The van der Waals surface area contributed by atoms with E-state index in [1.54, 1.807) is 0 Å². The molecular formula is C14H28NNaO5S. The van der Waals surface area contributed by atoms with Crippen molar-refractivity contribution < 1.29 is 51.8 Å². The van der Waals surface area contributed by atoms with Crippen LogP contribution in [0.4, 0.5) is 0 Å². The molecule has 0 bridgehead atoms. The molecule has 0 unspecified atom stereocenters. The van der Waals surface area contributed by atoms with Crippen molar-refractivity contribution in [3.8, 4) is 0 Å². The SMILES string of the molecule is CCCCCCCCCCCC([O-])=NCCOS(=O)(=O)O.[Na+]. The van der Waals surface area contributed by atoms with Crippen LogP contribution in [0.15, 0.2) is 4.99 Å². The summed E-state index contributed by atoms with van der Waals surface area (Å²) in [5, 5.41) is 11.3. The zero-order valence-electron chi connectivity index (χ0n) is 13.9. The summed E-state index contributed by atoms with van der Waals surface area (Å²) in [6.07, 6.45) is 11.1. The van der Waals surface area contributed by atoms with Crippen LogP contribution in [-0.2, 0) is 14.6 Å². The van der Waals surface area contributed by atoms with Crippen molar-refractivity contribution in [1.29, 1.82) is 0 Å². The van der Waals surface area contributed by atoms with Gasteiger partial charge in [-0.1, -0.05) is 58.3 Å². The van der Waals surface area contributed by atoms with Crippen molar-refractivity contribution in [3.63, 3.8) is 0 Å². The van der Waals surface area contributed by atoms with E-state index in [1.807, 2.05) is 0 Å². The standard InChI is InChI=1S/C14H29NO5S.Na/c1-2-3-4-5-6-7-8-9-10-11-14(16)15-12-13-20-21(17,18)19;/h2-13H2,1H3,(H,15,16)(H,17,18,19);/q;+1/p-1. The van der Waals surface area contributed by atoms with Crippen LogP contribution in [0.25, 0.3) is 0 Å². The average Bonchev–Trinajstić information content (AvgIpc) is 2.41. The first kappa shape index (κ1) is 24.6. The monoisotopic (exact) mass is 345 g/mol. The Bertz CT molecular complexity index is 373. The van der Waals surface area contributed by atoms with Gasteiger partial charge in [0.1, 0.15) is 0 Å². The van der Waals surface area contributed by atoms with Crippen LogP contribution < -0.4 is 34.7 Å². The number of nitrogens with zero attached hydrogens (tertiary/aromatic N) is 1. The van der Waals surface area contributed by atoms with Gasteiger partial charge in [-0.15, -0.1) is 0 Å². The predicted octanol–water partition coefficient (Wildman–Crippen LogP) is -0.510. The summed E-state index contributed by atoms with van der Waals surface area (Å²) in [6.45, 7) is 1.86. The quantitative estimate of drug-likeness (QED) is 0.150. The Balaban J connectivity index is 0. The van der Waals surface area contributed by atoms with E-state index in [1.165, 1.54) is 38.5 Å². The largest absolute Gasteiger partial charge is 1.00 e. The molecule has 8 heteroatoms. The summed E-state index contributed by atoms with van der Waals surface area (Å²) in [6, 6.07) is 0. The Morgan fingerprint density at radius 1 is 1.05 bits per heavy atom. The third kappa shape index (κ3) is 20.3. The second kappa shape index (κ2) is 16.2. The van der Waals surface area contributed by atoms with Gasteiger partial charge in [-0.05, 0) is 18.7 Å². The van der Waals surface area contributed by atoms with Crippen LogP contribution in [0.1, 0.15) is 71.1 Å². The van der Waals surface area contributed by atoms with Gasteiger partial charge in [-0.25, -0.2) is 4.18 Å². The average molecular weight is 345 g/mol. The molecule has 0 rings (SSSR count). The molecule has 6 nitrogen and oxygen atoms in total. The molecule has 1 N–H and O–H groups in total. The maximum atomic E-state index is 11.3. The van der Waals surface area contributed by atoms with Crippen molar-refractivity contribution in [2.75, 3.05) is 13.2 Å². The molecule has 0 radical (unpaired) electrons. The molecule has 0 heterocycles. The van der Waals surface area contributed by atoms with Crippen LogP contribution in [0.5, 0.6) is 0 Å². The fourth-order valence-corrected chi connectivity index (χ4v) is 2.26. The van der Waals surface area contributed by atoms with Crippen LogP contribution in [0.2, 0.25) is 0 Å². The molecule has 0 aromatic carbocycles. The zero-order chi connectivity index (χ0) is 16.0. The first-order chi connectivity index (χ1) is 9.95. The molecule has 0 spiro atoms. The second-order valence-electron chi connectivity index (χ2n) is 5.10. The van der Waals surface area contributed by atoms with Gasteiger partial charge >= 0.3 is 40.0 Å². The first-order valence-corrected chi connectivity index (χ1v) is 9.14. The summed E-state index contributed by atoms with van der Waals surface area (Å²) in [5.41, 5.74) is 0. The third-order valence-electron chi connectivity index (χ3n) is 3.11. The molecule has 0 fully saturated rings. The van der Waals surface area contributed by atoms with Crippen molar-refractivity contribution in [2.24, 2.45) is 4.99 Å². The number of unbranched alkanes of at least 4 members (excludes halogenated alkanes) is 8. The second-order valence-corrected chi connectivity index (χ2v) is 6.19. The summed E-state index contributed by atoms with van der Waals surface area (Å²) in [5.74, 6) is -0.239. The number of aliphatic imine (C=N–C) groups is 1. The molecule has 0 amide bonds. The van der Waals surface area contributed by atoms with Gasteiger partial charge in [0.05, 0.1) is 13.2 Å². The van der Waals surface area contributed by atoms with Crippen LogP contribution >= 0.6 is 0 Å². The van der Waals surface area contributed by atoms with Crippen molar-refractivity contribution >= 4 is 16.3 Å². The summed E-state index contributed by atoms with van der Waals surface area (Å²) < 4.78 is 32.8. The Morgan fingerprint density at radius 2 is 1.55 bits per heavy atom. The van der Waals surface area contributed by atoms with Gasteiger partial charge in [-0.2, -0.15) is 8.42 Å². The Kier molecular flexibility index (Phi) is 18.1. The van der Waals surface area contributed by atoms with Gasteiger partial charge in [0.2, 0.25) is 0 Å². The minimum Gasteiger partial charge on any atom is -0.862 e. The van der Waals surface area contributed by atoms with Crippen LogP contribution in [0, 0.1) is 0 Å². The first-order valence-electron chi connectivity index (χ1n) is 7.78. The normalized spacial score (nSPS) is 12.2. The van der Waals surface area contributed by atoms with Crippen molar-refractivity contribution in [2.45, 2.75) is 71.1 Å². The van der Waals surface area contributed by atoms with E-state index in [0.29, 0.717) is 6.42 Å². The Morgan fingerprint density at radius 3 is 2.05 bits per heavy atom. The fraction of sp³-hybridized carbons (Fsp3) is 0.929. The molecule has 0 aliphatic rings. The molecule has 22 heavy (non-hydrogen) atoms. The molecule has 0 aromatic heterocycles. The van der Waals surface area contributed by atoms with E-state index in [-0.39, 0.29) is 48.6 Å². The van der Waals surface area contributed by atoms with E-state index in [0.717, 1.165) is 19.3 Å². The molecule has 0 saturated carbocycles. The van der Waals surface area contributed by atoms with Crippen LogP contribution in [-0.4, -0.2) is 32.0 Å². The molecule has 126 valence electrons. The molecule has 0 aromatic rings. The van der Waals surface area contributed by atoms with Gasteiger partial charge in [-0.3, -0.25) is 4.55 Å². The Hall–Kier alpha value is 0.340. The van der Waals surface area contributed by atoms with E-state index >= 15 is 0 Å². The Labute approximate surface area is 157 Å². The summed E-state index contributed by atoms with van der Waals surface area (Å²) in [7, 11) is -4.43. The molecule has 0 atom stereocenters. The minimum absolute atomic E-state index is 0. The van der Waals surface area contributed by atoms with Gasteiger partial charge in [0, 0.05) is 0 Å². The maximum Gasteiger partial charge on any atom is 1.00 e. The van der Waals surface area contributed by atoms with Gasteiger partial charge in [0.25, 0.3) is 0 Å². The van der Waals surface area contributed by atoms with Gasteiger partial charge < -0.3 is 10.1 Å². The number of hydrogen-bond acceptors (Lipinski definition) is 5. The minimum atomic E-state index is -4.43. The summed E-state index contributed by atoms with van der Waals surface area (Å²) >= 11 is 0. The van der Waals surface area contributed by atoms with E-state index in [9.17, 15) is 13.5 Å². The van der Waals surface area contributed by atoms with Crippen molar-refractivity contribution in [3.05, 3.63) is 0 Å². The smallest absolute Gasteiger partial charge is 0.862 e. The topological polar surface area (TPSA) is 99.0 Å². The molecule has 0 aliphatic heterocycles. The van der Waals surface area contributed by atoms with Crippen LogP contribution in [0.3, 0.4) is 0 Å². The van der Waals surface area contributed by atoms with E-state index in [4.69, 9.17) is 4.55 Å². The van der Waals surface area contributed by atoms with Gasteiger partial charge in [0.15, 0.2) is 0 Å². The predicted molar refractivity (Wildman–Crippen MR) is 81.6 cm³/mol. The van der Waals surface area contributed by atoms with Crippen molar-refractivity contribution in [1.82, 2.24) is 0 Å². The number of hydrogen-bond donors (Lipinski definition) is 1. The fourth-order valence-electron chi connectivity index (χ4n) is 1.98. The third-order valence-corrected chi connectivity index (χ3v) is 3.57. The maximum absolute atomic E-state index is 11.3. The molecule has 0 saturated heterocycles. The van der Waals surface area contributed by atoms with E-state index in [2.05, 4.69) is 16.1 Å².